The number of esters is 1. The maximum atomic E-state index is 13.0. The number of carbonyl (C=O) groups is 2. The van der Waals surface area contributed by atoms with Gasteiger partial charge in [-0.3, -0.25) is 4.79 Å². The molecule has 7 heteroatoms. The van der Waals surface area contributed by atoms with Crippen molar-refractivity contribution < 1.29 is 14.3 Å². The third-order valence-corrected chi connectivity index (χ3v) is 4.89. The molecular weight excluding hydrogens is 368 g/mol. The minimum Gasteiger partial charge on any atom is -0.465 e. The number of carbonyl (C=O) groups excluding carboxylic acids is 2. The first-order valence-electron chi connectivity index (χ1n) is 9.27. The van der Waals surface area contributed by atoms with Crippen LogP contribution in [0.15, 0.2) is 60.7 Å². The van der Waals surface area contributed by atoms with Gasteiger partial charge in [0.05, 0.1) is 12.7 Å². The molecule has 0 saturated heterocycles. The lowest BCUT2D eigenvalue weighted by atomic mass is 10.1. The quantitative estimate of drug-likeness (QED) is 0.688. The van der Waals surface area contributed by atoms with Crippen LogP contribution in [0.5, 0.6) is 0 Å². The van der Waals surface area contributed by atoms with Crippen molar-refractivity contribution in [2.75, 3.05) is 17.3 Å². The predicted octanol–water partition coefficient (Wildman–Crippen LogP) is 3.60. The first-order chi connectivity index (χ1) is 14.1. The van der Waals surface area contributed by atoms with Crippen LogP contribution in [0.4, 0.5) is 17.2 Å². The molecule has 0 bridgehead atoms. The number of benzene rings is 2. The average Bonchev–Trinajstić information content (AvgIpc) is 3.09. The Hall–Kier alpha value is -3.74. The zero-order valence-corrected chi connectivity index (χ0v) is 16.1. The van der Waals surface area contributed by atoms with Gasteiger partial charge in [-0.25, -0.2) is 4.79 Å². The molecule has 0 saturated carbocycles. The fourth-order valence-corrected chi connectivity index (χ4v) is 3.47. The number of rotatable bonds is 4. The highest BCUT2D eigenvalue weighted by Crippen LogP contribution is 2.32. The van der Waals surface area contributed by atoms with Gasteiger partial charge in [0.1, 0.15) is 0 Å². The Morgan fingerprint density at radius 1 is 1.03 bits per heavy atom. The standard InChI is InChI=1S/C22H20N4O3/c1-14-13-16-5-3-4-6-19(16)26(14)21(27)18-11-12-20(25-24-18)23-17-9-7-15(8-10-17)22(28)29-2/h3-12,14H,13H2,1-2H3,(H,23,25). The maximum Gasteiger partial charge on any atom is 0.337 e. The zero-order valence-electron chi connectivity index (χ0n) is 16.1. The highest BCUT2D eigenvalue weighted by molar-refractivity contribution is 6.06. The van der Waals surface area contributed by atoms with Gasteiger partial charge >= 0.3 is 5.97 Å². The summed E-state index contributed by atoms with van der Waals surface area (Å²) in [6.45, 7) is 2.03. The van der Waals surface area contributed by atoms with Crippen LogP contribution in [-0.2, 0) is 11.2 Å². The number of fused-ring (bicyclic) bond motifs is 1. The second-order valence-electron chi connectivity index (χ2n) is 6.85. The van der Waals surface area contributed by atoms with Gasteiger partial charge < -0.3 is 15.0 Å². The van der Waals surface area contributed by atoms with E-state index in [1.54, 1.807) is 41.3 Å². The average molecular weight is 388 g/mol. The molecule has 0 radical (unpaired) electrons. The fraction of sp³-hybridized carbons (Fsp3) is 0.182. The highest BCUT2D eigenvalue weighted by atomic mass is 16.5. The summed E-state index contributed by atoms with van der Waals surface area (Å²) in [7, 11) is 1.34. The number of anilines is 3. The molecule has 1 aliphatic rings. The van der Waals surface area contributed by atoms with Crippen molar-refractivity contribution in [2.45, 2.75) is 19.4 Å². The SMILES string of the molecule is COC(=O)c1ccc(Nc2ccc(C(=O)N3c4ccccc4CC3C)nn2)cc1. The summed E-state index contributed by atoms with van der Waals surface area (Å²) in [5.41, 5.74) is 3.59. The van der Waals surface area contributed by atoms with Gasteiger partial charge in [0.15, 0.2) is 11.5 Å². The van der Waals surface area contributed by atoms with Crippen molar-refractivity contribution in [1.29, 1.82) is 0 Å². The van der Waals surface area contributed by atoms with Gasteiger partial charge in [-0.05, 0) is 61.4 Å². The molecule has 1 amide bonds. The number of methoxy groups -OCH3 is 1. The molecule has 2 heterocycles. The Morgan fingerprint density at radius 2 is 1.79 bits per heavy atom. The van der Waals surface area contributed by atoms with Gasteiger partial charge in [0.2, 0.25) is 0 Å². The lowest BCUT2D eigenvalue weighted by Crippen LogP contribution is -2.36. The number of ether oxygens (including phenoxy) is 1. The molecule has 1 atom stereocenters. The molecule has 2 aromatic carbocycles. The Labute approximate surface area is 168 Å². The monoisotopic (exact) mass is 388 g/mol. The molecule has 0 spiro atoms. The van der Waals surface area contributed by atoms with Crippen molar-refractivity contribution in [1.82, 2.24) is 10.2 Å². The third kappa shape index (κ3) is 3.67. The van der Waals surface area contributed by atoms with E-state index in [9.17, 15) is 9.59 Å². The molecular formula is C22H20N4O3. The molecule has 0 aliphatic carbocycles. The van der Waals surface area contributed by atoms with Crippen LogP contribution in [0.1, 0.15) is 33.3 Å². The lowest BCUT2D eigenvalue weighted by Gasteiger charge is -2.22. The Balaban J connectivity index is 1.48. The van der Waals surface area contributed by atoms with E-state index in [4.69, 9.17) is 0 Å². The van der Waals surface area contributed by atoms with Crippen molar-refractivity contribution >= 4 is 29.1 Å². The highest BCUT2D eigenvalue weighted by Gasteiger charge is 2.31. The molecule has 7 nitrogen and oxygen atoms in total. The maximum absolute atomic E-state index is 13.0. The van der Waals surface area contributed by atoms with Gasteiger partial charge in [0, 0.05) is 17.4 Å². The minimum absolute atomic E-state index is 0.0767. The summed E-state index contributed by atoms with van der Waals surface area (Å²) < 4.78 is 4.68. The summed E-state index contributed by atoms with van der Waals surface area (Å²) >= 11 is 0. The van der Waals surface area contributed by atoms with Crippen LogP contribution >= 0.6 is 0 Å². The van der Waals surface area contributed by atoms with Crippen LogP contribution in [0, 0.1) is 0 Å². The van der Waals surface area contributed by atoms with E-state index in [0.717, 1.165) is 23.4 Å². The molecule has 1 aliphatic heterocycles. The van der Waals surface area contributed by atoms with Gasteiger partial charge in [-0.2, -0.15) is 0 Å². The number of aromatic nitrogens is 2. The molecule has 3 aromatic rings. The summed E-state index contributed by atoms with van der Waals surface area (Å²) in [6.07, 6.45) is 0.830. The van der Waals surface area contributed by atoms with Crippen molar-refractivity contribution in [2.24, 2.45) is 0 Å². The van der Waals surface area contributed by atoms with E-state index in [1.165, 1.54) is 7.11 Å². The Morgan fingerprint density at radius 3 is 2.48 bits per heavy atom. The molecule has 0 fully saturated rings. The van der Waals surface area contributed by atoms with E-state index in [-0.39, 0.29) is 11.9 Å². The summed E-state index contributed by atoms with van der Waals surface area (Å²) in [6, 6.07) is 18.2. The largest absolute Gasteiger partial charge is 0.465 e. The van der Waals surface area contributed by atoms with Crippen molar-refractivity contribution in [3.8, 4) is 0 Å². The molecule has 1 N–H and O–H groups in total. The summed E-state index contributed by atoms with van der Waals surface area (Å²) in [5.74, 6) is -0.0527. The van der Waals surface area contributed by atoms with Crippen LogP contribution in [0.2, 0.25) is 0 Å². The van der Waals surface area contributed by atoms with Gasteiger partial charge in [0.25, 0.3) is 5.91 Å². The second kappa shape index (κ2) is 7.71. The predicted molar refractivity (Wildman–Crippen MR) is 110 cm³/mol. The Kier molecular flexibility index (Phi) is 4.95. The van der Waals surface area contributed by atoms with E-state index >= 15 is 0 Å². The lowest BCUT2D eigenvalue weighted by molar-refractivity contribution is 0.0600. The number of hydrogen-bond donors (Lipinski definition) is 1. The molecule has 29 heavy (non-hydrogen) atoms. The minimum atomic E-state index is -0.392. The number of para-hydroxylation sites is 1. The first kappa shape index (κ1) is 18.6. The number of nitrogens with zero attached hydrogens (tertiary/aromatic N) is 3. The molecule has 1 aromatic heterocycles. The van der Waals surface area contributed by atoms with Crippen LogP contribution in [-0.4, -0.2) is 35.2 Å². The van der Waals surface area contributed by atoms with Crippen molar-refractivity contribution in [3.63, 3.8) is 0 Å². The normalized spacial score (nSPS) is 15.0. The fourth-order valence-electron chi connectivity index (χ4n) is 3.47. The van der Waals surface area contributed by atoms with Crippen LogP contribution < -0.4 is 10.2 Å². The zero-order chi connectivity index (χ0) is 20.4. The smallest absolute Gasteiger partial charge is 0.337 e. The van der Waals surface area contributed by atoms with Crippen LogP contribution in [0.25, 0.3) is 0 Å². The first-order valence-corrected chi connectivity index (χ1v) is 9.27. The Bertz CT molecular complexity index is 1050. The molecule has 146 valence electrons. The summed E-state index contributed by atoms with van der Waals surface area (Å²) in [5, 5.41) is 11.3. The van der Waals surface area contributed by atoms with E-state index in [1.807, 2.05) is 31.2 Å². The van der Waals surface area contributed by atoms with Gasteiger partial charge in [-0.1, -0.05) is 18.2 Å². The van der Waals surface area contributed by atoms with E-state index in [2.05, 4.69) is 20.3 Å². The third-order valence-electron chi connectivity index (χ3n) is 4.89. The van der Waals surface area contributed by atoms with E-state index in [0.29, 0.717) is 17.1 Å². The molecule has 1 unspecified atom stereocenters. The second-order valence-corrected chi connectivity index (χ2v) is 6.85. The van der Waals surface area contributed by atoms with E-state index < -0.39 is 5.97 Å². The topological polar surface area (TPSA) is 84.4 Å². The molecule has 4 rings (SSSR count). The van der Waals surface area contributed by atoms with Crippen molar-refractivity contribution in [3.05, 3.63) is 77.5 Å². The summed E-state index contributed by atoms with van der Waals surface area (Å²) in [4.78, 5) is 26.2. The number of amides is 1. The van der Waals surface area contributed by atoms with Crippen LogP contribution in [0.3, 0.4) is 0 Å². The number of nitrogens with one attached hydrogen (secondary N) is 1. The number of hydrogen-bond acceptors (Lipinski definition) is 6. The van der Waals surface area contributed by atoms with Gasteiger partial charge in [-0.15, -0.1) is 10.2 Å².